The lowest BCUT2D eigenvalue weighted by atomic mass is 9.87. The van der Waals surface area contributed by atoms with Gasteiger partial charge in [0.2, 0.25) is 5.78 Å². The number of rotatable bonds is 6. The summed E-state index contributed by atoms with van der Waals surface area (Å²) in [5, 5.41) is 3.38. The van der Waals surface area contributed by atoms with Gasteiger partial charge in [0.1, 0.15) is 17.1 Å². The fourth-order valence-electron chi connectivity index (χ4n) is 3.58. The van der Waals surface area contributed by atoms with Gasteiger partial charge in [-0.05, 0) is 66.4 Å². The first-order chi connectivity index (χ1) is 16.1. The van der Waals surface area contributed by atoms with Crippen LogP contribution in [0.25, 0.3) is 11.0 Å². The van der Waals surface area contributed by atoms with Gasteiger partial charge in [-0.2, -0.15) is 0 Å². The maximum Gasteiger partial charge on any atom is 0.265 e. The number of fused-ring (bicyclic) bond motifs is 1. The van der Waals surface area contributed by atoms with Crippen molar-refractivity contribution in [2.24, 2.45) is 0 Å². The lowest BCUT2D eigenvalue weighted by Crippen LogP contribution is -2.30. The number of hydrogen-bond donors (Lipinski definition) is 1. The van der Waals surface area contributed by atoms with Crippen LogP contribution in [0.3, 0.4) is 0 Å². The van der Waals surface area contributed by atoms with Crippen LogP contribution in [-0.4, -0.2) is 17.8 Å². The van der Waals surface area contributed by atoms with Crippen LogP contribution in [0.15, 0.2) is 77.2 Å². The molecule has 0 saturated carbocycles. The number of ether oxygens (including phenoxy) is 1. The number of halogens is 1. The zero-order valence-electron chi connectivity index (χ0n) is 19.5. The minimum Gasteiger partial charge on any atom is -0.481 e. The molecule has 0 bridgehead atoms. The predicted octanol–water partition coefficient (Wildman–Crippen LogP) is 6.51. The minimum absolute atomic E-state index is 0.0112. The first kappa shape index (κ1) is 23.2. The monoisotopic (exact) mass is 459 g/mol. The van der Waals surface area contributed by atoms with Crippen molar-refractivity contribution >= 4 is 28.3 Å². The highest BCUT2D eigenvalue weighted by atomic mass is 19.1. The Kier molecular flexibility index (Phi) is 6.24. The molecular weight excluding hydrogens is 433 g/mol. The van der Waals surface area contributed by atoms with E-state index in [1.54, 1.807) is 31.2 Å². The number of nitrogens with one attached hydrogen (secondary N) is 1. The third-order valence-corrected chi connectivity index (χ3v) is 5.56. The second-order valence-corrected chi connectivity index (χ2v) is 9.16. The van der Waals surface area contributed by atoms with Crippen molar-refractivity contribution in [3.63, 3.8) is 0 Å². The largest absolute Gasteiger partial charge is 0.481 e. The first-order valence-corrected chi connectivity index (χ1v) is 11.0. The van der Waals surface area contributed by atoms with E-state index in [4.69, 9.17) is 9.15 Å². The molecule has 0 aliphatic rings. The van der Waals surface area contributed by atoms with E-state index < -0.39 is 23.6 Å². The van der Waals surface area contributed by atoms with Crippen LogP contribution in [-0.2, 0) is 10.2 Å². The molecule has 174 valence electrons. The number of benzene rings is 3. The van der Waals surface area contributed by atoms with Crippen LogP contribution in [0.5, 0.6) is 5.75 Å². The predicted molar refractivity (Wildman–Crippen MR) is 130 cm³/mol. The second kappa shape index (κ2) is 9.14. The molecule has 0 spiro atoms. The van der Waals surface area contributed by atoms with E-state index in [9.17, 15) is 14.0 Å². The molecule has 5 nitrogen and oxygen atoms in total. The molecule has 34 heavy (non-hydrogen) atoms. The maximum absolute atomic E-state index is 13.3. The van der Waals surface area contributed by atoms with Crippen LogP contribution in [0, 0.1) is 5.82 Å². The Labute approximate surface area is 197 Å². The Bertz CT molecular complexity index is 1330. The molecule has 0 fully saturated rings. The van der Waals surface area contributed by atoms with E-state index in [1.807, 2.05) is 24.3 Å². The molecule has 1 aromatic heterocycles. The number of amides is 1. The van der Waals surface area contributed by atoms with Gasteiger partial charge >= 0.3 is 0 Å². The molecule has 1 atom stereocenters. The van der Waals surface area contributed by atoms with Crippen LogP contribution in [0.2, 0.25) is 0 Å². The van der Waals surface area contributed by atoms with E-state index >= 15 is 0 Å². The average Bonchev–Trinajstić information content (AvgIpc) is 3.17. The van der Waals surface area contributed by atoms with E-state index in [-0.39, 0.29) is 22.4 Å². The summed E-state index contributed by atoms with van der Waals surface area (Å²) in [6, 6.07) is 19.8. The summed E-state index contributed by atoms with van der Waals surface area (Å²) in [7, 11) is 0. The van der Waals surface area contributed by atoms with E-state index in [2.05, 4.69) is 26.1 Å². The molecule has 1 heterocycles. The maximum atomic E-state index is 13.3. The van der Waals surface area contributed by atoms with Crippen LogP contribution < -0.4 is 10.1 Å². The highest BCUT2D eigenvalue weighted by molar-refractivity contribution is 6.17. The Balaban J connectivity index is 1.58. The SMILES string of the molecule is CC(Oc1ccc(C(C)(C)C)cc1)C(=O)Nc1c(C(=O)c2ccc(F)cc2)oc2ccccc12. The summed E-state index contributed by atoms with van der Waals surface area (Å²) in [5.41, 5.74) is 2.13. The van der Waals surface area contributed by atoms with Gasteiger partial charge in [0.15, 0.2) is 11.9 Å². The van der Waals surface area contributed by atoms with Gasteiger partial charge in [0.25, 0.3) is 5.91 Å². The zero-order valence-corrected chi connectivity index (χ0v) is 19.5. The summed E-state index contributed by atoms with van der Waals surface area (Å²) in [6.45, 7) is 8.01. The Hall–Kier alpha value is -3.93. The molecule has 0 aliphatic carbocycles. The Morgan fingerprint density at radius 3 is 2.24 bits per heavy atom. The minimum atomic E-state index is -0.831. The molecule has 4 aromatic rings. The summed E-state index contributed by atoms with van der Waals surface area (Å²) >= 11 is 0. The van der Waals surface area contributed by atoms with E-state index in [0.717, 1.165) is 5.56 Å². The summed E-state index contributed by atoms with van der Waals surface area (Å²) < 4.78 is 24.9. The number of hydrogen-bond acceptors (Lipinski definition) is 4. The van der Waals surface area contributed by atoms with Crippen molar-refractivity contribution in [2.75, 3.05) is 5.32 Å². The lowest BCUT2D eigenvalue weighted by Gasteiger charge is -2.20. The van der Waals surface area contributed by atoms with Gasteiger partial charge in [-0.15, -0.1) is 0 Å². The first-order valence-electron chi connectivity index (χ1n) is 11.0. The van der Waals surface area contributed by atoms with Gasteiger partial charge < -0.3 is 14.5 Å². The van der Waals surface area contributed by atoms with Gasteiger partial charge in [-0.25, -0.2) is 4.39 Å². The molecular formula is C28H26FNO4. The molecule has 0 radical (unpaired) electrons. The van der Waals surface area contributed by atoms with Crippen molar-refractivity contribution in [1.29, 1.82) is 0 Å². The van der Waals surface area contributed by atoms with Crippen LogP contribution in [0.4, 0.5) is 10.1 Å². The fourth-order valence-corrected chi connectivity index (χ4v) is 3.58. The van der Waals surface area contributed by atoms with Crippen molar-refractivity contribution in [3.05, 3.63) is 95.5 Å². The third kappa shape index (κ3) is 4.86. The van der Waals surface area contributed by atoms with Crippen LogP contribution >= 0.6 is 0 Å². The topological polar surface area (TPSA) is 68.5 Å². The number of para-hydroxylation sites is 1. The van der Waals surface area contributed by atoms with Crippen molar-refractivity contribution in [3.8, 4) is 5.75 Å². The molecule has 4 rings (SSSR count). The summed E-state index contributed by atoms with van der Waals surface area (Å²) in [4.78, 5) is 26.1. The number of ketones is 1. The smallest absolute Gasteiger partial charge is 0.265 e. The molecule has 1 amide bonds. The van der Waals surface area contributed by atoms with Gasteiger partial charge in [-0.3, -0.25) is 9.59 Å². The number of anilines is 1. The number of carbonyl (C=O) groups is 2. The highest BCUT2D eigenvalue weighted by Crippen LogP contribution is 2.33. The zero-order chi connectivity index (χ0) is 24.5. The van der Waals surface area contributed by atoms with Crippen molar-refractivity contribution in [2.45, 2.75) is 39.2 Å². The normalized spacial score (nSPS) is 12.4. The van der Waals surface area contributed by atoms with Gasteiger partial charge in [0.05, 0.1) is 5.69 Å². The summed E-state index contributed by atoms with van der Waals surface area (Å²) in [5.74, 6) is -0.799. The van der Waals surface area contributed by atoms with E-state index in [0.29, 0.717) is 16.7 Å². The second-order valence-electron chi connectivity index (χ2n) is 9.16. The quantitative estimate of drug-likeness (QED) is 0.334. The third-order valence-electron chi connectivity index (χ3n) is 5.56. The van der Waals surface area contributed by atoms with Crippen molar-refractivity contribution < 1.29 is 23.1 Å². The highest BCUT2D eigenvalue weighted by Gasteiger charge is 2.25. The van der Waals surface area contributed by atoms with Gasteiger partial charge in [0, 0.05) is 10.9 Å². The average molecular weight is 460 g/mol. The molecule has 0 saturated heterocycles. The Morgan fingerprint density at radius 2 is 1.59 bits per heavy atom. The number of furan rings is 1. The molecule has 1 N–H and O–H groups in total. The van der Waals surface area contributed by atoms with Crippen molar-refractivity contribution in [1.82, 2.24) is 0 Å². The lowest BCUT2D eigenvalue weighted by molar-refractivity contribution is -0.122. The van der Waals surface area contributed by atoms with E-state index in [1.165, 1.54) is 24.3 Å². The molecule has 6 heteroatoms. The molecule has 1 unspecified atom stereocenters. The number of carbonyl (C=O) groups excluding carboxylic acids is 2. The standard InChI is InChI=1S/C28H26FNO4/c1-17(33-21-15-11-19(12-16-21)28(2,3)4)27(32)30-24-22-7-5-6-8-23(22)34-26(24)25(31)18-9-13-20(29)14-10-18/h5-17H,1-4H3,(H,30,32). The van der Waals surface area contributed by atoms with Gasteiger partial charge in [-0.1, -0.05) is 45.0 Å². The summed E-state index contributed by atoms with van der Waals surface area (Å²) in [6.07, 6.45) is -0.831. The Morgan fingerprint density at radius 1 is 0.941 bits per heavy atom. The van der Waals surface area contributed by atoms with Crippen LogP contribution in [0.1, 0.15) is 49.4 Å². The molecule has 0 aliphatic heterocycles. The molecule has 3 aromatic carbocycles. The fraction of sp³-hybridized carbons (Fsp3) is 0.214.